The van der Waals surface area contributed by atoms with Gasteiger partial charge in [-0.15, -0.1) is 14.8 Å². The highest BCUT2D eigenvalue weighted by Crippen LogP contribution is 2.16. The van der Waals surface area contributed by atoms with E-state index >= 15 is 0 Å². The molecular weight excluding hydrogens is 294 g/mol. The van der Waals surface area contributed by atoms with Crippen LogP contribution in [0.2, 0.25) is 0 Å². The van der Waals surface area contributed by atoms with Crippen LogP contribution in [0.5, 0.6) is 0 Å². The standard InChI is InChI=1S/C15H17N7O/c1-3-21(4-2)15(23)11-5-7-12(8-6-11)16-13-9-10-14-17-19-20-22(14)18-13/h5-10H,3-4H2,1-2H3,(H,16,18). The summed E-state index contributed by atoms with van der Waals surface area (Å²) in [6.07, 6.45) is 0. The van der Waals surface area contributed by atoms with Gasteiger partial charge in [0, 0.05) is 24.3 Å². The molecule has 0 aliphatic rings. The molecule has 0 atom stereocenters. The van der Waals surface area contributed by atoms with Crippen LogP contribution in [0.25, 0.3) is 5.65 Å². The lowest BCUT2D eigenvalue weighted by Crippen LogP contribution is -2.30. The molecule has 0 fully saturated rings. The van der Waals surface area contributed by atoms with Crippen molar-refractivity contribution in [3.8, 4) is 0 Å². The van der Waals surface area contributed by atoms with Crippen molar-refractivity contribution in [3.05, 3.63) is 42.0 Å². The van der Waals surface area contributed by atoms with Gasteiger partial charge in [0.15, 0.2) is 11.5 Å². The lowest BCUT2D eigenvalue weighted by atomic mass is 10.2. The fraction of sp³-hybridized carbons (Fsp3) is 0.267. The Hall–Kier alpha value is -3.03. The number of anilines is 2. The van der Waals surface area contributed by atoms with Crippen LogP contribution in [0.4, 0.5) is 11.5 Å². The highest BCUT2D eigenvalue weighted by Gasteiger charge is 2.12. The number of fused-ring (bicyclic) bond motifs is 1. The van der Waals surface area contributed by atoms with Gasteiger partial charge in [-0.1, -0.05) is 0 Å². The average molecular weight is 311 g/mol. The fourth-order valence-electron chi connectivity index (χ4n) is 2.25. The van der Waals surface area contributed by atoms with Crippen molar-refractivity contribution < 1.29 is 4.79 Å². The number of tetrazole rings is 1. The fourth-order valence-corrected chi connectivity index (χ4v) is 2.25. The molecule has 1 amide bonds. The first-order chi connectivity index (χ1) is 11.2. The Bertz CT molecular complexity index is 808. The van der Waals surface area contributed by atoms with Crippen molar-refractivity contribution in [1.82, 2.24) is 30.2 Å². The molecule has 0 bridgehead atoms. The quantitative estimate of drug-likeness (QED) is 0.772. The second kappa shape index (κ2) is 6.39. The Labute approximate surface area is 133 Å². The third kappa shape index (κ3) is 3.10. The van der Waals surface area contributed by atoms with Crippen LogP contribution in [-0.2, 0) is 0 Å². The van der Waals surface area contributed by atoms with E-state index in [9.17, 15) is 4.79 Å². The van der Waals surface area contributed by atoms with Crippen LogP contribution < -0.4 is 5.32 Å². The maximum Gasteiger partial charge on any atom is 0.253 e. The van der Waals surface area contributed by atoms with Crippen LogP contribution in [0.15, 0.2) is 36.4 Å². The zero-order chi connectivity index (χ0) is 16.2. The minimum absolute atomic E-state index is 0.0368. The van der Waals surface area contributed by atoms with Gasteiger partial charge in [0.1, 0.15) is 0 Å². The Morgan fingerprint density at radius 3 is 2.57 bits per heavy atom. The molecule has 0 unspecified atom stereocenters. The Morgan fingerprint density at radius 2 is 1.87 bits per heavy atom. The van der Waals surface area contributed by atoms with Crippen molar-refractivity contribution in [2.45, 2.75) is 13.8 Å². The number of hydrogen-bond donors (Lipinski definition) is 1. The summed E-state index contributed by atoms with van der Waals surface area (Å²) >= 11 is 0. The molecule has 2 heterocycles. The molecule has 8 heteroatoms. The summed E-state index contributed by atoms with van der Waals surface area (Å²) in [6, 6.07) is 10.9. The summed E-state index contributed by atoms with van der Waals surface area (Å²) in [4.78, 5) is 14.0. The third-order valence-corrected chi connectivity index (χ3v) is 3.52. The molecule has 3 aromatic rings. The van der Waals surface area contributed by atoms with Gasteiger partial charge >= 0.3 is 0 Å². The number of amides is 1. The van der Waals surface area contributed by atoms with E-state index in [0.29, 0.717) is 30.1 Å². The Balaban J connectivity index is 1.75. The van der Waals surface area contributed by atoms with E-state index in [1.54, 1.807) is 29.2 Å². The zero-order valence-corrected chi connectivity index (χ0v) is 13.0. The van der Waals surface area contributed by atoms with Crippen LogP contribution >= 0.6 is 0 Å². The second-order valence-electron chi connectivity index (χ2n) is 4.92. The molecule has 118 valence electrons. The van der Waals surface area contributed by atoms with E-state index in [-0.39, 0.29) is 5.91 Å². The predicted octanol–water partition coefficient (Wildman–Crippen LogP) is 1.74. The van der Waals surface area contributed by atoms with Crippen LogP contribution in [-0.4, -0.2) is 49.2 Å². The summed E-state index contributed by atoms with van der Waals surface area (Å²) in [6.45, 7) is 5.34. The molecule has 23 heavy (non-hydrogen) atoms. The van der Waals surface area contributed by atoms with Gasteiger partial charge < -0.3 is 10.2 Å². The van der Waals surface area contributed by atoms with Crippen molar-refractivity contribution >= 4 is 23.1 Å². The van der Waals surface area contributed by atoms with Gasteiger partial charge in [0.2, 0.25) is 0 Å². The van der Waals surface area contributed by atoms with E-state index in [1.165, 1.54) is 4.63 Å². The van der Waals surface area contributed by atoms with Crippen molar-refractivity contribution in [1.29, 1.82) is 0 Å². The van der Waals surface area contributed by atoms with Crippen LogP contribution in [0.1, 0.15) is 24.2 Å². The van der Waals surface area contributed by atoms with Gasteiger partial charge in [0.05, 0.1) is 0 Å². The molecule has 0 aliphatic heterocycles. The number of aromatic nitrogens is 5. The van der Waals surface area contributed by atoms with Crippen molar-refractivity contribution in [2.75, 3.05) is 18.4 Å². The SMILES string of the molecule is CCN(CC)C(=O)c1ccc(Nc2ccc3nnnn3n2)cc1. The summed E-state index contributed by atoms with van der Waals surface area (Å²) < 4.78 is 1.35. The van der Waals surface area contributed by atoms with E-state index in [0.717, 1.165) is 5.69 Å². The van der Waals surface area contributed by atoms with Gasteiger partial charge in [-0.25, -0.2) is 0 Å². The number of rotatable bonds is 5. The van der Waals surface area contributed by atoms with Crippen molar-refractivity contribution in [2.24, 2.45) is 0 Å². The molecule has 0 saturated carbocycles. The average Bonchev–Trinajstić information content (AvgIpc) is 3.04. The number of carbonyl (C=O) groups is 1. The van der Waals surface area contributed by atoms with Gasteiger partial charge in [-0.05, 0) is 60.7 Å². The highest BCUT2D eigenvalue weighted by molar-refractivity contribution is 5.94. The molecule has 0 radical (unpaired) electrons. The maximum absolute atomic E-state index is 12.3. The smallest absolute Gasteiger partial charge is 0.253 e. The molecule has 0 saturated heterocycles. The van der Waals surface area contributed by atoms with Crippen LogP contribution in [0, 0.1) is 0 Å². The molecule has 2 aromatic heterocycles. The number of benzene rings is 1. The van der Waals surface area contributed by atoms with Crippen molar-refractivity contribution in [3.63, 3.8) is 0 Å². The monoisotopic (exact) mass is 311 g/mol. The molecule has 0 spiro atoms. The van der Waals surface area contributed by atoms with Gasteiger partial charge in [0.25, 0.3) is 5.91 Å². The molecule has 8 nitrogen and oxygen atoms in total. The Morgan fingerprint density at radius 1 is 1.13 bits per heavy atom. The largest absolute Gasteiger partial charge is 0.339 e. The van der Waals surface area contributed by atoms with E-state index < -0.39 is 0 Å². The van der Waals surface area contributed by atoms with Gasteiger partial charge in [-0.2, -0.15) is 0 Å². The van der Waals surface area contributed by atoms with E-state index in [4.69, 9.17) is 0 Å². The lowest BCUT2D eigenvalue weighted by molar-refractivity contribution is 0.0773. The molecule has 1 N–H and O–H groups in total. The zero-order valence-electron chi connectivity index (χ0n) is 13.0. The van der Waals surface area contributed by atoms with E-state index in [1.807, 2.05) is 26.0 Å². The second-order valence-corrected chi connectivity index (χ2v) is 4.92. The highest BCUT2D eigenvalue weighted by atomic mass is 16.2. The third-order valence-electron chi connectivity index (χ3n) is 3.52. The topological polar surface area (TPSA) is 88.3 Å². The Kier molecular flexibility index (Phi) is 4.13. The van der Waals surface area contributed by atoms with E-state index in [2.05, 4.69) is 25.9 Å². The molecule has 0 aliphatic carbocycles. The first-order valence-corrected chi connectivity index (χ1v) is 7.43. The summed E-state index contributed by atoms with van der Waals surface area (Å²) in [7, 11) is 0. The number of hydrogen-bond acceptors (Lipinski definition) is 6. The first kappa shape index (κ1) is 14.9. The van der Waals surface area contributed by atoms with Gasteiger partial charge in [-0.3, -0.25) is 4.79 Å². The minimum Gasteiger partial charge on any atom is -0.339 e. The molecule has 3 rings (SSSR count). The van der Waals surface area contributed by atoms with Crippen LogP contribution in [0.3, 0.4) is 0 Å². The minimum atomic E-state index is 0.0368. The first-order valence-electron chi connectivity index (χ1n) is 7.43. The number of carbonyl (C=O) groups excluding carboxylic acids is 1. The summed E-state index contributed by atoms with van der Waals surface area (Å²) in [5, 5.41) is 18.5. The maximum atomic E-state index is 12.3. The number of nitrogens with zero attached hydrogens (tertiary/aromatic N) is 6. The molecular formula is C15H17N7O. The molecule has 1 aromatic carbocycles. The number of nitrogens with one attached hydrogen (secondary N) is 1. The normalized spacial score (nSPS) is 10.7. The summed E-state index contributed by atoms with van der Waals surface area (Å²) in [5.74, 6) is 0.655. The predicted molar refractivity (Wildman–Crippen MR) is 85.6 cm³/mol. The lowest BCUT2D eigenvalue weighted by Gasteiger charge is -2.18. The summed E-state index contributed by atoms with van der Waals surface area (Å²) in [5.41, 5.74) is 2.08.